The Balaban J connectivity index is 1.86. The highest BCUT2D eigenvalue weighted by Crippen LogP contribution is 2.23. The van der Waals surface area contributed by atoms with Gasteiger partial charge in [-0.2, -0.15) is 0 Å². The molecule has 0 aromatic carbocycles. The minimum Gasteiger partial charge on any atom is -0.466 e. The Bertz CT molecular complexity index is 392. The minimum absolute atomic E-state index is 0.387. The fourth-order valence-electron chi connectivity index (χ4n) is 2.58. The number of furan rings is 1. The molecular weight excluding hydrogens is 210 g/mol. The van der Waals surface area contributed by atoms with Crippen molar-refractivity contribution in [3.8, 4) is 0 Å². The molecule has 1 aromatic heterocycles. The lowest BCUT2D eigenvalue weighted by Gasteiger charge is -2.21. The highest BCUT2D eigenvalue weighted by Gasteiger charge is 2.15. The molecule has 0 amide bonds. The predicted octanol–water partition coefficient (Wildman–Crippen LogP) is 3.90. The average Bonchev–Trinajstić information content (AvgIpc) is 2.67. The van der Waals surface area contributed by atoms with Gasteiger partial charge in [-0.3, -0.25) is 0 Å². The van der Waals surface area contributed by atoms with Crippen LogP contribution in [0.5, 0.6) is 0 Å². The van der Waals surface area contributed by atoms with E-state index >= 15 is 0 Å². The van der Waals surface area contributed by atoms with Crippen LogP contribution in [0.4, 0.5) is 0 Å². The summed E-state index contributed by atoms with van der Waals surface area (Å²) >= 11 is 0. The summed E-state index contributed by atoms with van der Waals surface area (Å²) in [5.74, 6) is 2.86. The van der Waals surface area contributed by atoms with Gasteiger partial charge in [-0.05, 0) is 58.6 Å². The van der Waals surface area contributed by atoms with E-state index in [0.29, 0.717) is 6.04 Å². The lowest BCUT2D eigenvalue weighted by atomic mass is 9.94. The lowest BCUT2D eigenvalue weighted by Crippen LogP contribution is -2.26. The van der Waals surface area contributed by atoms with Crippen molar-refractivity contribution in [2.75, 3.05) is 6.54 Å². The Labute approximate surface area is 104 Å². The highest BCUT2D eigenvalue weighted by atomic mass is 16.3. The van der Waals surface area contributed by atoms with Gasteiger partial charge in [0.05, 0.1) is 0 Å². The molecule has 1 N–H and O–H groups in total. The molecule has 0 aliphatic heterocycles. The Morgan fingerprint density at radius 2 is 2.24 bits per heavy atom. The molecule has 17 heavy (non-hydrogen) atoms. The van der Waals surface area contributed by atoms with E-state index in [-0.39, 0.29) is 0 Å². The maximum absolute atomic E-state index is 5.58. The molecule has 2 nitrogen and oxygen atoms in total. The van der Waals surface area contributed by atoms with E-state index in [1.165, 1.54) is 24.8 Å². The topological polar surface area (TPSA) is 25.2 Å². The van der Waals surface area contributed by atoms with Gasteiger partial charge in [0.2, 0.25) is 0 Å². The molecule has 2 atom stereocenters. The van der Waals surface area contributed by atoms with Crippen molar-refractivity contribution in [2.45, 2.75) is 46.1 Å². The van der Waals surface area contributed by atoms with Crippen LogP contribution in [0.1, 0.15) is 49.3 Å². The molecule has 94 valence electrons. The molecule has 2 unspecified atom stereocenters. The Morgan fingerprint density at radius 1 is 1.41 bits per heavy atom. The first-order valence-electron chi connectivity index (χ1n) is 6.62. The highest BCUT2D eigenvalue weighted by molar-refractivity contribution is 5.23. The maximum Gasteiger partial charge on any atom is 0.105 e. The molecule has 0 bridgehead atoms. The predicted molar refractivity (Wildman–Crippen MR) is 71.1 cm³/mol. The second-order valence-electron chi connectivity index (χ2n) is 5.15. The van der Waals surface area contributed by atoms with E-state index in [9.17, 15) is 0 Å². The number of hydrogen-bond acceptors (Lipinski definition) is 2. The van der Waals surface area contributed by atoms with Gasteiger partial charge in [-0.15, -0.1) is 0 Å². The van der Waals surface area contributed by atoms with Gasteiger partial charge < -0.3 is 9.73 Å². The largest absolute Gasteiger partial charge is 0.466 e. The van der Waals surface area contributed by atoms with Gasteiger partial charge in [-0.1, -0.05) is 12.2 Å². The zero-order chi connectivity index (χ0) is 12.3. The molecule has 0 saturated carbocycles. The zero-order valence-electron chi connectivity index (χ0n) is 11.1. The Hall–Kier alpha value is -1.02. The van der Waals surface area contributed by atoms with Gasteiger partial charge in [0.25, 0.3) is 0 Å². The molecule has 1 aliphatic carbocycles. The number of rotatable bonds is 4. The van der Waals surface area contributed by atoms with Crippen molar-refractivity contribution in [1.82, 2.24) is 5.32 Å². The van der Waals surface area contributed by atoms with Gasteiger partial charge >= 0.3 is 0 Å². The summed E-state index contributed by atoms with van der Waals surface area (Å²) in [6.45, 7) is 7.38. The van der Waals surface area contributed by atoms with Crippen LogP contribution in [0, 0.1) is 19.8 Å². The van der Waals surface area contributed by atoms with Crippen molar-refractivity contribution < 1.29 is 4.42 Å². The summed E-state index contributed by atoms with van der Waals surface area (Å²) in [5.41, 5.74) is 1.30. The Kier molecular flexibility index (Phi) is 4.06. The first-order valence-corrected chi connectivity index (χ1v) is 6.62. The third kappa shape index (κ3) is 3.22. The van der Waals surface area contributed by atoms with Crippen LogP contribution in [0.25, 0.3) is 0 Å². The number of hydrogen-bond donors (Lipinski definition) is 1. The number of aryl methyl sites for hydroxylation is 2. The van der Waals surface area contributed by atoms with Gasteiger partial charge in [0.1, 0.15) is 11.5 Å². The quantitative estimate of drug-likeness (QED) is 0.798. The van der Waals surface area contributed by atoms with Crippen LogP contribution in [0.15, 0.2) is 22.6 Å². The summed E-state index contributed by atoms with van der Waals surface area (Å²) in [7, 11) is 0. The van der Waals surface area contributed by atoms with Crippen molar-refractivity contribution in [3.63, 3.8) is 0 Å². The molecule has 2 heteroatoms. The van der Waals surface area contributed by atoms with Crippen LogP contribution in [-0.4, -0.2) is 6.54 Å². The average molecular weight is 233 g/mol. The molecule has 1 aromatic rings. The third-order valence-electron chi connectivity index (χ3n) is 3.64. The van der Waals surface area contributed by atoms with Crippen LogP contribution in [0.2, 0.25) is 0 Å². The van der Waals surface area contributed by atoms with Crippen LogP contribution in [0.3, 0.4) is 0 Å². The molecular formula is C15H23NO. The minimum atomic E-state index is 0.387. The van der Waals surface area contributed by atoms with E-state index < -0.39 is 0 Å². The van der Waals surface area contributed by atoms with Crippen molar-refractivity contribution in [2.24, 2.45) is 5.92 Å². The fourth-order valence-corrected chi connectivity index (χ4v) is 2.58. The number of nitrogens with one attached hydrogen (secondary N) is 1. The van der Waals surface area contributed by atoms with Crippen LogP contribution < -0.4 is 5.32 Å². The molecule has 0 saturated heterocycles. The molecule has 1 heterocycles. The first-order chi connectivity index (χ1) is 8.16. The van der Waals surface area contributed by atoms with Crippen molar-refractivity contribution in [3.05, 3.63) is 35.3 Å². The van der Waals surface area contributed by atoms with E-state index in [1.807, 2.05) is 13.8 Å². The van der Waals surface area contributed by atoms with E-state index in [4.69, 9.17) is 4.42 Å². The maximum atomic E-state index is 5.58. The molecule has 0 radical (unpaired) electrons. The lowest BCUT2D eigenvalue weighted by molar-refractivity contribution is 0.412. The fraction of sp³-hybridized carbons (Fsp3) is 0.600. The van der Waals surface area contributed by atoms with Crippen molar-refractivity contribution in [1.29, 1.82) is 0 Å². The molecule has 0 spiro atoms. The first kappa shape index (κ1) is 12.4. The van der Waals surface area contributed by atoms with E-state index in [2.05, 4.69) is 30.5 Å². The van der Waals surface area contributed by atoms with Crippen LogP contribution >= 0.6 is 0 Å². The monoisotopic (exact) mass is 233 g/mol. The molecule has 0 fully saturated rings. The summed E-state index contributed by atoms with van der Waals surface area (Å²) in [4.78, 5) is 0. The second-order valence-corrected chi connectivity index (χ2v) is 5.15. The standard InChI is InChI=1S/C15H23NO/c1-11-9-15(13(3)17-11)12(2)16-10-14-7-5-4-6-8-14/h4-5,9,12,14,16H,6-8,10H2,1-3H3. The SMILES string of the molecule is Cc1cc(C(C)NCC2CC=CCC2)c(C)o1. The smallest absolute Gasteiger partial charge is 0.105 e. The van der Waals surface area contributed by atoms with Crippen molar-refractivity contribution >= 4 is 0 Å². The summed E-state index contributed by atoms with van der Waals surface area (Å²) in [6, 6.07) is 2.53. The molecule has 2 rings (SSSR count). The summed E-state index contributed by atoms with van der Waals surface area (Å²) < 4.78 is 5.58. The van der Waals surface area contributed by atoms with E-state index in [1.54, 1.807) is 0 Å². The summed E-state index contributed by atoms with van der Waals surface area (Å²) in [5, 5.41) is 3.63. The number of allylic oxidation sites excluding steroid dienone is 2. The zero-order valence-corrected chi connectivity index (χ0v) is 11.1. The van der Waals surface area contributed by atoms with Gasteiger partial charge in [0.15, 0.2) is 0 Å². The van der Waals surface area contributed by atoms with E-state index in [0.717, 1.165) is 24.0 Å². The normalized spacial score (nSPS) is 21.7. The second kappa shape index (κ2) is 5.54. The third-order valence-corrected chi connectivity index (χ3v) is 3.64. The van der Waals surface area contributed by atoms with Gasteiger partial charge in [0, 0.05) is 11.6 Å². The van der Waals surface area contributed by atoms with Crippen LogP contribution in [-0.2, 0) is 0 Å². The Morgan fingerprint density at radius 3 is 2.82 bits per heavy atom. The molecule has 1 aliphatic rings. The summed E-state index contributed by atoms with van der Waals surface area (Å²) in [6.07, 6.45) is 8.39. The van der Waals surface area contributed by atoms with Gasteiger partial charge in [-0.25, -0.2) is 0 Å².